The van der Waals surface area contributed by atoms with Crippen LogP contribution < -0.4 is 10.6 Å². The van der Waals surface area contributed by atoms with Gasteiger partial charge < -0.3 is 15.5 Å². The first kappa shape index (κ1) is 18.2. The molecule has 1 aromatic rings. The van der Waals surface area contributed by atoms with E-state index in [1.807, 2.05) is 24.0 Å². The van der Waals surface area contributed by atoms with Crippen molar-refractivity contribution in [2.24, 2.45) is 5.92 Å². The Bertz CT molecular complexity index is 745. The molecule has 6 heteroatoms. The van der Waals surface area contributed by atoms with E-state index in [9.17, 15) is 14.9 Å². The number of carbonyl (C=O) groups excluding carboxylic acids is 2. The summed E-state index contributed by atoms with van der Waals surface area (Å²) < 4.78 is 0. The number of benzene rings is 1. The highest BCUT2D eigenvalue weighted by Crippen LogP contribution is 2.39. The predicted octanol–water partition coefficient (Wildman–Crippen LogP) is 2.45. The summed E-state index contributed by atoms with van der Waals surface area (Å²) in [6.07, 6.45) is 4.03. The second-order valence-corrected chi connectivity index (χ2v) is 7.49. The molecule has 1 aromatic carbocycles. The quantitative estimate of drug-likeness (QED) is 0.822. The van der Waals surface area contributed by atoms with E-state index in [2.05, 4.69) is 16.7 Å². The van der Waals surface area contributed by atoms with Gasteiger partial charge >= 0.3 is 0 Å². The lowest BCUT2D eigenvalue weighted by Gasteiger charge is -2.24. The Morgan fingerprint density at radius 1 is 1.31 bits per heavy atom. The van der Waals surface area contributed by atoms with Gasteiger partial charge in [0, 0.05) is 13.1 Å². The lowest BCUT2D eigenvalue weighted by molar-refractivity contribution is -0.120. The van der Waals surface area contributed by atoms with Crippen LogP contribution in [-0.2, 0) is 4.79 Å². The summed E-state index contributed by atoms with van der Waals surface area (Å²) in [5.41, 5.74) is 1.42. The summed E-state index contributed by atoms with van der Waals surface area (Å²) in [6, 6.07) is 7.82. The Hall–Kier alpha value is -2.55. The third-order valence-corrected chi connectivity index (χ3v) is 5.35. The van der Waals surface area contributed by atoms with Crippen molar-refractivity contribution in [2.45, 2.75) is 45.1 Å². The van der Waals surface area contributed by atoms with E-state index in [1.54, 1.807) is 13.0 Å². The van der Waals surface area contributed by atoms with E-state index < -0.39 is 5.54 Å². The zero-order chi connectivity index (χ0) is 18.7. The molecule has 138 valence electrons. The summed E-state index contributed by atoms with van der Waals surface area (Å²) in [6.45, 7) is 5.31. The average Bonchev–Trinajstić information content (AvgIpc) is 3.35. The number of hydrogen-bond acceptors (Lipinski definition) is 4. The Balaban J connectivity index is 1.68. The third kappa shape index (κ3) is 3.82. The van der Waals surface area contributed by atoms with Gasteiger partial charge in [-0.2, -0.15) is 5.26 Å². The fraction of sp³-hybridized carbons (Fsp3) is 0.550. The monoisotopic (exact) mass is 354 g/mol. The zero-order valence-corrected chi connectivity index (χ0v) is 15.5. The number of nitriles is 1. The number of aryl methyl sites for hydroxylation is 1. The highest BCUT2D eigenvalue weighted by molar-refractivity contribution is 6.01. The molecule has 1 aliphatic carbocycles. The van der Waals surface area contributed by atoms with Crippen molar-refractivity contribution in [3.63, 3.8) is 0 Å². The van der Waals surface area contributed by atoms with Gasteiger partial charge in [0.05, 0.1) is 23.9 Å². The largest absolute Gasteiger partial charge is 0.375 e. The van der Waals surface area contributed by atoms with Crippen molar-refractivity contribution in [1.29, 1.82) is 5.26 Å². The summed E-state index contributed by atoms with van der Waals surface area (Å²) in [5, 5.41) is 15.3. The standard InChI is InChI=1S/C20H26N4O2/c1-14-6-5-7-16(19(26)24-10-3-4-11-24)18(14)22-12-17(25)23-20(2,13-21)15-8-9-15/h5-7,15,22H,3-4,8-12H2,1-2H3,(H,23,25)/t20-/m0/s1. The van der Waals surface area contributed by atoms with Crippen LogP contribution in [0.1, 0.15) is 48.5 Å². The molecule has 0 bridgehead atoms. The lowest BCUT2D eigenvalue weighted by Crippen LogP contribution is -2.48. The van der Waals surface area contributed by atoms with Crippen molar-refractivity contribution in [3.8, 4) is 6.07 Å². The number of rotatable bonds is 6. The number of nitrogens with one attached hydrogen (secondary N) is 2. The molecule has 2 N–H and O–H groups in total. The first-order chi connectivity index (χ1) is 12.4. The van der Waals surface area contributed by atoms with Crippen LogP contribution in [0.2, 0.25) is 0 Å². The molecule has 26 heavy (non-hydrogen) atoms. The Kier molecular flexibility index (Phi) is 5.17. The SMILES string of the molecule is Cc1cccc(C(=O)N2CCCC2)c1NCC(=O)N[C@@](C)(C#N)C1CC1. The number of likely N-dealkylation sites (tertiary alicyclic amines) is 1. The molecule has 2 fully saturated rings. The van der Waals surface area contributed by atoms with Gasteiger partial charge in [-0.05, 0) is 57.1 Å². The first-order valence-corrected chi connectivity index (χ1v) is 9.29. The summed E-state index contributed by atoms with van der Waals surface area (Å²) >= 11 is 0. The lowest BCUT2D eigenvalue weighted by atomic mass is 9.98. The van der Waals surface area contributed by atoms with E-state index in [-0.39, 0.29) is 24.3 Å². The molecule has 0 radical (unpaired) electrons. The van der Waals surface area contributed by atoms with Crippen LogP contribution in [-0.4, -0.2) is 41.9 Å². The smallest absolute Gasteiger partial charge is 0.255 e. The minimum atomic E-state index is -0.807. The summed E-state index contributed by atoms with van der Waals surface area (Å²) in [4.78, 5) is 27.0. The summed E-state index contributed by atoms with van der Waals surface area (Å²) in [5.74, 6) is 0.0138. The number of anilines is 1. The predicted molar refractivity (Wildman–Crippen MR) is 99.7 cm³/mol. The minimum absolute atomic E-state index is 0.00829. The van der Waals surface area contributed by atoms with Gasteiger partial charge in [-0.15, -0.1) is 0 Å². The normalized spacial score (nSPS) is 18.7. The van der Waals surface area contributed by atoms with E-state index in [0.717, 1.165) is 44.3 Å². The number of amides is 2. The zero-order valence-electron chi connectivity index (χ0n) is 15.5. The maximum atomic E-state index is 12.8. The molecule has 0 spiro atoms. The Labute approximate surface area is 154 Å². The van der Waals surface area contributed by atoms with Gasteiger partial charge in [-0.1, -0.05) is 12.1 Å². The molecule has 1 aliphatic heterocycles. The molecule has 1 saturated carbocycles. The molecule has 2 aliphatic rings. The maximum absolute atomic E-state index is 12.8. The molecule has 0 aromatic heterocycles. The van der Waals surface area contributed by atoms with E-state index >= 15 is 0 Å². The number of nitrogens with zero attached hydrogens (tertiary/aromatic N) is 2. The number of carbonyl (C=O) groups is 2. The fourth-order valence-corrected chi connectivity index (χ4v) is 3.56. The van der Waals surface area contributed by atoms with Crippen molar-refractivity contribution in [2.75, 3.05) is 25.0 Å². The third-order valence-electron chi connectivity index (χ3n) is 5.35. The molecule has 0 unspecified atom stereocenters. The van der Waals surface area contributed by atoms with Crippen LogP contribution in [0.4, 0.5) is 5.69 Å². The summed E-state index contributed by atoms with van der Waals surface area (Å²) in [7, 11) is 0. The molecule has 3 rings (SSSR count). The van der Waals surface area contributed by atoms with E-state index in [1.165, 1.54) is 0 Å². The first-order valence-electron chi connectivity index (χ1n) is 9.29. The maximum Gasteiger partial charge on any atom is 0.255 e. The number of hydrogen-bond donors (Lipinski definition) is 2. The minimum Gasteiger partial charge on any atom is -0.375 e. The Morgan fingerprint density at radius 2 is 2.00 bits per heavy atom. The van der Waals surface area contributed by atoms with Crippen LogP contribution in [0.5, 0.6) is 0 Å². The van der Waals surface area contributed by atoms with Gasteiger partial charge in [0.15, 0.2) is 0 Å². The van der Waals surface area contributed by atoms with Crippen molar-refractivity contribution < 1.29 is 9.59 Å². The topological polar surface area (TPSA) is 85.2 Å². The second-order valence-electron chi connectivity index (χ2n) is 7.49. The average molecular weight is 354 g/mol. The van der Waals surface area contributed by atoms with Crippen molar-refractivity contribution >= 4 is 17.5 Å². The number of para-hydroxylation sites is 1. The molecule has 6 nitrogen and oxygen atoms in total. The molecule has 1 saturated heterocycles. The second kappa shape index (κ2) is 7.36. The van der Waals surface area contributed by atoms with Crippen LogP contribution in [0.15, 0.2) is 18.2 Å². The van der Waals surface area contributed by atoms with Gasteiger partial charge in [-0.3, -0.25) is 9.59 Å². The van der Waals surface area contributed by atoms with E-state index in [4.69, 9.17) is 0 Å². The van der Waals surface area contributed by atoms with Gasteiger partial charge in [-0.25, -0.2) is 0 Å². The van der Waals surface area contributed by atoms with Gasteiger partial charge in [0.2, 0.25) is 5.91 Å². The van der Waals surface area contributed by atoms with E-state index in [0.29, 0.717) is 11.3 Å². The van der Waals surface area contributed by atoms with Crippen LogP contribution >= 0.6 is 0 Å². The molecule has 1 heterocycles. The van der Waals surface area contributed by atoms with Gasteiger partial charge in [0.25, 0.3) is 5.91 Å². The van der Waals surface area contributed by atoms with Crippen LogP contribution in [0.3, 0.4) is 0 Å². The fourth-order valence-electron chi connectivity index (χ4n) is 3.56. The molecular formula is C20H26N4O2. The van der Waals surface area contributed by atoms with Crippen molar-refractivity contribution in [3.05, 3.63) is 29.3 Å². The van der Waals surface area contributed by atoms with Crippen LogP contribution in [0, 0.1) is 24.2 Å². The Morgan fingerprint density at radius 3 is 2.62 bits per heavy atom. The molecule has 1 atom stereocenters. The molecular weight excluding hydrogens is 328 g/mol. The van der Waals surface area contributed by atoms with Gasteiger partial charge in [0.1, 0.15) is 5.54 Å². The highest BCUT2D eigenvalue weighted by Gasteiger charge is 2.42. The van der Waals surface area contributed by atoms with Crippen molar-refractivity contribution in [1.82, 2.24) is 10.2 Å². The highest BCUT2D eigenvalue weighted by atomic mass is 16.2. The molecule has 2 amide bonds. The van der Waals surface area contributed by atoms with Crippen LogP contribution in [0.25, 0.3) is 0 Å².